The molecule has 24 heavy (non-hydrogen) atoms. The van der Waals surface area contributed by atoms with Crippen LogP contribution in [-0.4, -0.2) is 49.4 Å². The molecule has 0 unspecified atom stereocenters. The molecule has 0 saturated carbocycles. The number of hydrogen-bond donors (Lipinski definition) is 0. The van der Waals surface area contributed by atoms with E-state index in [4.69, 9.17) is 9.47 Å². The minimum absolute atomic E-state index is 0.0119. The molecule has 0 bridgehead atoms. The first kappa shape index (κ1) is 16.2. The molecule has 2 aliphatic rings. The van der Waals surface area contributed by atoms with E-state index in [9.17, 15) is 9.59 Å². The van der Waals surface area contributed by atoms with Crippen LogP contribution in [0.1, 0.15) is 11.5 Å². The Morgan fingerprint density at radius 2 is 2.04 bits per heavy atom. The maximum atomic E-state index is 15.0. The molecule has 0 radical (unpaired) electrons. The first-order valence-corrected chi connectivity index (χ1v) is 7.28. The summed E-state index contributed by atoms with van der Waals surface area (Å²) in [5, 5.41) is 0. The highest BCUT2D eigenvalue weighted by atomic mass is 19.3. The second-order valence-electron chi connectivity index (χ2n) is 5.36. The van der Waals surface area contributed by atoms with Crippen molar-refractivity contribution in [3.05, 3.63) is 47.7 Å². The number of carbonyl (C=O) groups is 2. The summed E-state index contributed by atoms with van der Waals surface area (Å²) in [6, 6.07) is 7.97. The average Bonchev–Trinajstić information content (AvgIpc) is 3.00. The SMILES string of the molecule is COC(=O)C1=C[C@@H](c2ccccc2)C(F)(F)[C@H](N2CCOC2=O)O1. The summed E-state index contributed by atoms with van der Waals surface area (Å²) in [4.78, 5) is 24.3. The van der Waals surface area contributed by atoms with Crippen LogP contribution in [0.25, 0.3) is 0 Å². The van der Waals surface area contributed by atoms with Crippen LogP contribution in [0.3, 0.4) is 0 Å². The van der Waals surface area contributed by atoms with E-state index in [0.717, 1.165) is 18.1 Å². The number of halogens is 2. The molecule has 2 aliphatic heterocycles. The van der Waals surface area contributed by atoms with Crippen LogP contribution in [0.4, 0.5) is 13.6 Å². The molecule has 2 heterocycles. The lowest BCUT2D eigenvalue weighted by Gasteiger charge is -2.39. The van der Waals surface area contributed by atoms with Crippen LogP contribution in [-0.2, 0) is 19.0 Å². The average molecular weight is 339 g/mol. The topological polar surface area (TPSA) is 65.1 Å². The fourth-order valence-corrected chi connectivity index (χ4v) is 2.74. The largest absolute Gasteiger partial charge is 0.463 e. The van der Waals surface area contributed by atoms with E-state index in [2.05, 4.69) is 4.74 Å². The summed E-state index contributed by atoms with van der Waals surface area (Å²) in [7, 11) is 1.12. The van der Waals surface area contributed by atoms with E-state index < -0.39 is 30.1 Å². The predicted molar refractivity (Wildman–Crippen MR) is 77.2 cm³/mol. The third kappa shape index (κ3) is 2.68. The zero-order valence-electron chi connectivity index (χ0n) is 12.8. The fraction of sp³-hybridized carbons (Fsp3) is 0.375. The molecule has 1 saturated heterocycles. The molecule has 2 atom stereocenters. The predicted octanol–water partition coefficient (Wildman–Crippen LogP) is 2.27. The van der Waals surface area contributed by atoms with E-state index in [1.54, 1.807) is 18.2 Å². The van der Waals surface area contributed by atoms with Gasteiger partial charge in [-0.2, -0.15) is 8.78 Å². The van der Waals surface area contributed by atoms with Crippen LogP contribution >= 0.6 is 0 Å². The van der Waals surface area contributed by atoms with Gasteiger partial charge in [0.2, 0.25) is 12.0 Å². The Morgan fingerprint density at radius 3 is 2.62 bits per heavy atom. The first-order valence-electron chi connectivity index (χ1n) is 7.28. The standard InChI is InChI=1S/C16H15F2NO5/c1-22-13(20)12-9-11(10-5-3-2-4-6-10)16(17,18)14(24-12)19-7-8-23-15(19)21/h2-6,9,11,14H,7-8H2,1H3/t11-,14+/m0/s1. The molecule has 1 amide bonds. The van der Waals surface area contributed by atoms with Gasteiger partial charge in [-0.3, -0.25) is 4.90 Å². The molecule has 0 aromatic heterocycles. The van der Waals surface area contributed by atoms with Gasteiger partial charge >= 0.3 is 18.0 Å². The first-order chi connectivity index (χ1) is 11.4. The van der Waals surface area contributed by atoms with Crippen LogP contribution in [0, 0.1) is 0 Å². The maximum absolute atomic E-state index is 15.0. The van der Waals surface area contributed by atoms with E-state index >= 15 is 8.78 Å². The van der Waals surface area contributed by atoms with Gasteiger partial charge in [-0.05, 0) is 11.6 Å². The van der Waals surface area contributed by atoms with Gasteiger partial charge in [0, 0.05) is 0 Å². The van der Waals surface area contributed by atoms with Crippen molar-refractivity contribution in [3.63, 3.8) is 0 Å². The Morgan fingerprint density at radius 1 is 1.33 bits per heavy atom. The number of amides is 1. The Hall–Kier alpha value is -2.64. The molecule has 128 valence electrons. The number of benzene rings is 1. The molecule has 8 heteroatoms. The molecule has 0 N–H and O–H groups in total. The number of methoxy groups -OCH3 is 1. The van der Waals surface area contributed by atoms with Crippen molar-refractivity contribution in [1.29, 1.82) is 0 Å². The van der Waals surface area contributed by atoms with E-state index in [1.165, 1.54) is 12.1 Å². The van der Waals surface area contributed by atoms with Crippen LogP contribution in [0.2, 0.25) is 0 Å². The number of carbonyl (C=O) groups excluding carboxylic acids is 2. The van der Waals surface area contributed by atoms with Crippen molar-refractivity contribution < 1.29 is 32.6 Å². The Balaban J connectivity index is 2.04. The zero-order valence-corrected chi connectivity index (χ0v) is 12.8. The van der Waals surface area contributed by atoms with Crippen molar-refractivity contribution in [2.75, 3.05) is 20.3 Å². The Labute approximate surface area is 136 Å². The monoisotopic (exact) mass is 339 g/mol. The van der Waals surface area contributed by atoms with Gasteiger partial charge in [-0.1, -0.05) is 30.3 Å². The summed E-state index contributed by atoms with van der Waals surface area (Å²) < 4.78 is 44.4. The van der Waals surface area contributed by atoms with Crippen molar-refractivity contribution >= 4 is 12.1 Å². The lowest BCUT2D eigenvalue weighted by molar-refractivity contribution is -0.193. The van der Waals surface area contributed by atoms with Gasteiger partial charge in [0.15, 0.2) is 0 Å². The van der Waals surface area contributed by atoms with Gasteiger partial charge in [-0.15, -0.1) is 0 Å². The Kier molecular flexibility index (Phi) is 4.13. The van der Waals surface area contributed by atoms with Gasteiger partial charge in [0.25, 0.3) is 0 Å². The number of esters is 1. The number of hydrogen-bond acceptors (Lipinski definition) is 5. The van der Waals surface area contributed by atoms with E-state index in [1.807, 2.05) is 0 Å². The normalized spacial score (nSPS) is 25.5. The molecular formula is C16H15F2NO5. The van der Waals surface area contributed by atoms with Gasteiger partial charge < -0.3 is 14.2 Å². The van der Waals surface area contributed by atoms with Crippen molar-refractivity contribution in [3.8, 4) is 0 Å². The summed E-state index contributed by atoms with van der Waals surface area (Å²) in [5.41, 5.74) is 0.296. The second kappa shape index (κ2) is 6.10. The lowest BCUT2D eigenvalue weighted by atomic mass is 9.88. The summed E-state index contributed by atoms with van der Waals surface area (Å²) >= 11 is 0. The lowest BCUT2D eigenvalue weighted by Crippen LogP contribution is -2.54. The number of allylic oxidation sites excluding steroid dienone is 1. The van der Waals surface area contributed by atoms with Gasteiger partial charge in [-0.25, -0.2) is 9.59 Å². The fourth-order valence-electron chi connectivity index (χ4n) is 2.74. The third-order valence-corrected chi connectivity index (χ3v) is 3.92. The van der Waals surface area contributed by atoms with Gasteiger partial charge in [0.1, 0.15) is 6.61 Å². The van der Waals surface area contributed by atoms with Crippen LogP contribution < -0.4 is 0 Å². The van der Waals surface area contributed by atoms with Gasteiger partial charge in [0.05, 0.1) is 19.6 Å². The summed E-state index contributed by atoms with van der Waals surface area (Å²) in [6.07, 6.45) is -1.83. The molecule has 6 nitrogen and oxygen atoms in total. The number of nitrogens with zero attached hydrogens (tertiary/aromatic N) is 1. The molecule has 3 rings (SSSR count). The molecule has 1 aromatic carbocycles. The number of rotatable bonds is 3. The van der Waals surface area contributed by atoms with Crippen molar-refractivity contribution in [1.82, 2.24) is 4.90 Å². The minimum atomic E-state index is -3.46. The highest BCUT2D eigenvalue weighted by molar-refractivity contribution is 5.86. The number of cyclic esters (lactones) is 1. The Bertz CT molecular complexity index is 676. The van der Waals surface area contributed by atoms with Crippen LogP contribution in [0.5, 0.6) is 0 Å². The second-order valence-corrected chi connectivity index (χ2v) is 5.36. The van der Waals surface area contributed by atoms with Crippen LogP contribution in [0.15, 0.2) is 42.2 Å². The quantitative estimate of drug-likeness (QED) is 0.791. The minimum Gasteiger partial charge on any atom is -0.463 e. The van der Waals surface area contributed by atoms with Crippen molar-refractivity contribution in [2.45, 2.75) is 18.1 Å². The number of alkyl halides is 2. The molecular weight excluding hydrogens is 324 g/mol. The smallest absolute Gasteiger partial charge is 0.413 e. The molecule has 0 aliphatic carbocycles. The highest BCUT2D eigenvalue weighted by Gasteiger charge is 2.57. The number of ether oxygens (including phenoxy) is 3. The molecule has 1 aromatic rings. The van der Waals surface area contributed by atoms with Crippen molar-refractivity contribution in [2.24, 2.45) is 0 Å². The summed E-state index contributed by atoms with van der Waals surface area (Å²) in [6.45, 7) is -0.0584. The zero-order chi connectivity index (χ0) is 17.3. The van der Waals surface area contributed by atoms with E-state index in [-0.39, 0.29) is 18.9 Å². The highest BCUT2D eigenvalue weighted by Crippen LogP contribution is 2.45. The van der Waals surface area contributed by atoms with E-state index in [0.29, 0.717) is 5.56 Å². The molecule has 1 fully saturated rings. The maximum Gasteiger partial charge on any atom is 0.413 e. The third-order valence-electron chi connectivity index (χ3n) is 3.92. The summed E-state index contributed by atoms with van der Waals surface area (Å²) in [5.74, 6) is -6.15. The molecule has 0 spiro atoms.